The SMILES string of the molecule is CC1C(C(=O)O)CCN1CCCC#N. The van der Waals surface area contributed by atoms with Crippen molar-refractivity contribution < 1.29 is 9.90 Å². The first-order chi connectivity index (χ1) is 6.66. The number of hydrogen-bond acceptors (Lipinski definition) is 3. The summed E-state index contributed by atoms with van der Waals surface area (Å²) in [5, 5.41) is 17.3. The van der Waals surface area contributed by atoms with Crippen LogP contribution in [0.25, 0.3) is 0 Å². The largest absolute Gasteiger partial charge is 0.481 e. The van der Waals surface area contributed by atoms with E-state index in [9.17, 15) is 4.79 Å². The zero-order valence-corrected chi connectivity index (χ0v) is 8.44. The van der Waals surface area contributed by atoms with Crippen LogP contribution in [0.2, 0.25) is 0 Å². The molecule has 1 rings (SSSR count). The summed E-state index contributed by atoms with van der Waals surface area (Å²) in [5.74, 6) is -0.919. The van der Waals surface area contributed by atoms with Gasteiger partial charge in [0.05, 0.1) is 12.0 Å². The third-order valence-corrected chi connectivity index (χ3v) is 2.94. The smallest absolute Gasteiger partial charge is 0.308 e. The van der Waals surface area contributed by atoms with Gasteiger partial charge in [-0.05, 0) is 32.9 Å². The Bertz CT molecular complexity index is 247. The number of carbonyl (C=O) groups is 1. The van der Waals surface area contributed by atoms with E-state index in [2.05, 4.69) is 11.0 Å². The first kappa shape index (κ1) is 11.0. The van der Waals surface area contributed by atoms with Gasteiger partial charge in [0.15, 0.2) is 0 Å². The van der Waals surface area contributed by atoms with Crippen molar-refractivity contribution in [1.29, 1.82) is 5.26 Å². The molecule has 14 heavy (non-hydrogen) atoms. The Morgan fingerprint density at radius 1 is 1.71 bits per heavy atom. The zero-order valence-electron chi connectivity index (χ0n) is 8.44. The summed E-state index contributed by atoms with van der Waals surface area (Å²) < 4.78 is 0. The van der Waals surface area contributed by atoms with E-state index in [1.165, 1.54) is 0 Å². The highest BCUT2D eigenvalue weighted by molar-refractivity contribution is 5.71. The molecule has 2 atom stereocenters. The molecule has 1 saturated heterocycles. The molecule has 1 aliphatic heterocycles. The number of hydrogen-bond donors (Lipinski definition) is 1. The van der Waals surface area contributed by atoms with Crippen molar-refractivity contribution >= 4 is 5.97 Å². The third-order valence-electron chi connectivity index (χ3n) is 2.94. The molecular weight excluding hydrogens is 180 g/mol. The lowest BCUT2D eigenvalue weighted by Gasteiger charge is -2.22. The Morgan fingerprint density at radius 2 is 2.43 bits per heavy atom. The van der Waals surface area contributed by atoms with Crippen LogP contribution < -0.4 is 0 Å². The topological polar surface area (TPSA) is 64.3 Å². The summed E-state index contributed by atoms with van der Waals surface area (Å²) in [7, 11) is 0. The maximum Gasteiger partial charge on any atom is 0.308 e. The van der Waals surface area contributed by atoms with Crippen LogP contribution in [0.1, 0.15) is 26.2 Å². The molecule has 4 heteroatoms. The lowest BCUT2D eigenvalue weighted by Crippen LogP contribution is -2.33. The minimum atomic E-state index is -0.694. The monoisotopic (exact) mass is 196 g/mol. The molecule has 1 fully saturated rings. The molecule has 0 aromatic carbocycles. The average molecular weight is 196 g/mol. The summed E-state index contributed by atoms with van der Waals surface area (Å²) in [4.78, 5) is 13.0. The van der Waals surface area contributed by atoms with E-state index >= 15 is 0 Å². The van der Waals surface area contributed by atoms with Crippen LogP contribution in [-0.4, -0.2) is 35.1 Å². The molecule has 1 aliphatic rings. The molecule has 2 unspecified atom stereocenters. The minimum absolute atomic E-state index is 0.117. The second kappa shape index (κ2) is 4.97. The quantitative estimate of drug-likeness (QED) is 0.683. The van der Waals surface area contributed by atoms with Crippen LogP contribution in [0.3, 0.4) is 0 Å². The molecule has 1 heterocycles. The number of aliphatic carboxylic acids is 1. The molecule has 4 nitrogen and oxygen atoms in total. The Kier molecular flexibility index (Phi) is 3.90. The number of likely N-dealkylation sites (tertiary alicyclic amines) is 1. The van der Waals surface area contributed by atoms with Gasteiger partial charge < -0.3 is 5.11 Å². The number of rotatable bonds is 4. The summed E-state index contributed by atoms with van der Waals surface area (Å²) in [5.41, 5.74) is 0. The van der Waals surface area contributed by atoms with Crippen molar-refractivity contribution in [2.24, 2.45) is 5.92 Å². The van der Waals surface area contributed by atoms with Gasteiger partial charge in [0.2, 0.25) is 0 Å². The second-order valence-electron chi connectivity index (χ2n) is 3.77. The van der Waals surface area contributed by atoms with Crippen LogP contribution >= 0.6 is 0 Å². The Labute approximate surface area is 84.1 Å². The molecule has 1 N–H and O–H groups in total. The molecule has 0 radical (unpaired) electrons. The van der Waals surface area contributed by atoms with Gasteiger partial charge in [-0.1, -0.05) is 0 Å². The van der Waals surface area contributed by atoms with Gasteiger partial charge in [-0.3, -0.25) is 9.69 Å². The van der Waals surface area contributed by atoms with Gasteiger partial charge in [0.1, 0.15) is 0 Å². The van der Waals surface area contributed by atoms with E-state index in [1.54, 1.807) is 0 Å². The van der Waals surface area contributed by atoms with Gasteiger partial charge in [0.25, 0.3) is 0 Å². The van der Waals surface area contributed by atoms with Crippen molar-refractivity contribution in [2.45, 2.75) is 32.2 Å². The Hall–Kier alpha value is -1.08. The minimum Gasteiger partial charge on any atom is -0.481 e. The molecule has 0 aromatic rings. The van der Waals surface area contributed by atoms with E-state index in [-0.39, 0.29) is 12.0 Å². The number of nitrogens with zero attached hydrogens (tertiary/aromatic N) is 2. The van der Waals surface area contributed by atoms with E-state index < -0.39 is 5.97 Å². The summed E-state index contributed by atoms with van der Waals surface area (Å²) >= 11 is 0. The highest BCUT2D eigenvalue weighted by Crippen LogP contribution is 2.24. The van der Waals surface area contributed by atoms with E-state index in [0.717, 1.165) is 25.9 Å². The molecule has 0 spiro atoms. The maximum absolute atomic E-state index is 10.8. The molecule has 0 aliphatic carbocycles. The van der Waals surface area contributed by atoms with Gasteiger partial charge in [-0.25, -0.2) is 0 Å². The Morgan fingerprint density at radius 3 is 2.93 bits per heavy atom. The maximum atomic E-state index is 10.8. The lowest BCUT2D eigenvalue weighted by molar-refractivity contribution is -0.142. The number of unbranched alkanes of at least 4 members (excludes halogenated alkanes) is 1. The van der Waals surface area contributed by atoms with Gasteiger partial charge >= 0.3 is 5.97 Å². The zero-order chi connectivity index (χ0) is 10.6. The molecule has 0 bridgehead atoms. The molecule has 0 aromatic heterocycles. The highest BCUT2D eigenvalue weighted by atomic mass is 16.4. The van der Waals surface area contributed by atoms with Crippen molar-refractivity contribution in [3.63, 3.8) is 0 Å². The lowest BCUT2D eigenvalue weighted by atomic mass is 10.0. The fourth-order valence-electron chi connectivity index (χ4n) is 2.01. The molecule has 0 amide bonds. The Balaban J connectivity index is 2.36. The average Bonchev–Trinajstić information content (AvgIpc) is 2.48. The van der Waals surface area contributed by atoms with Crippen LogP contribution in [-0.2, 0) is 4.79 Å². The van der Waals surface area contributed by atoms with Crippen molar-refractivity contribution in [2.75, 3.05) is 13.1 Å². The van der Waals surface area contributed by atoms with E-state index in [1.807, 2.05) is 6.92 Å². The van der Waals surface area contributed by atoms with Gasteiger partial charge in [-0.15, -0.1) is 0 Å². The van der Waals surface area contributed by atoms with E-state index in [4.69, 9.17) is 10.4 Å². The van der Waals surface area contributed by atoms with Gasteiger partial charge in [0, 0.05) is 12.5 Å². The van der Waals surface area contributed by atoms with Crippen LogP contribution in [0.4, 0.5) is 0 Å². The van der Waals surface area contributed by atoms with Crippen LogP contribution in [0.5, 0.6) is 0 Å². The fraction of sp³-hybridized carbons (Fsp3) is 0.800. The first-order valence-electron chi connectivity index (χ1n) is 5.00. The molecular formula is C10H16N2O2. The molecule has 78 valence electrons. The van der Waals surface area contributed by atoms with Crippen molar-refractivity contribution in [1.82, 2.24) is 4.90 Å². The van der Waals surface area contributed by atoms with Crippen molar-refractivity contribution in [3.8, 4) is 6.07 Å². The predicted octanol–water partition coefficient (Wildman–Crippen LogP) is 1.09. The summed E-state index contributed by atoms with van der Waals surface area (Å²) in [6.45, 7) is 3.65. The number of carboxylic acids is 1. The summed E-state index contributed by atoms with van der Waals surface area (Å²) in [6.07, 6.45) is 2.14. The summed E-state index contributed by atoms with van der Waals surface area (Å²) in [6, 6.07) is 2.21. The standard InChI is InChI=1S/C10H16N2O2/c1-8-9(10(13)14)4-7-12(8)6-3-2-5-11/h8-9H,2-4,6-7H2,1H3,(H,13,14). The predicted molar refractivity (Wildman–Crippen MR) is 51.6 cm³/mol. The molecule has 0 saturated carbocycles. The van der Waals surface area contributed by atoms with Crippen molar-refractivity contribution in [3.05, 3.63) is 0 Å². The number of carboxylic acid groups (broad SMARTS) is 1. The van der Waals surface area contributed by atoms with E-state index in [0.29, 0.717) is 6.42 Å². The first-order valence-corrected chi connectivity index (χ1v) is 5.00. The van der Waals surface area contributed by atoms with Crippen LogP contribution in [0.15, 0.2) is 0 Å². The van der Waals surface area contributed by atoms with Crippen LogP contribution in [0, 0.1) is 17.2 Å². The normalized spacial score (nSPS) is 27.4. The number of nitriles is 1. The fourth-order valence-corrected chi connectivity index (χ4v) is 2.01. The second-order valence-corrected chi connectivity index (χ2v) is 3.77. The van der Waals surface area contributed by atoms with Gasteiger partial charge in [-0.2, -0.15) is 5.26 Å². The third kappa shape index (κ3) is 2.46. The highest BCUT2D eigenvalue weighted by Gasteiger charge is 2.34.